The monoisotopic (exact) mass is 293 g/mol. The molecule has 0 aliphatic rings. The number of carbonyl (C=O) groups is 2. The van der Waals surface area contributed by atoms with Crippen LogP contribution in [0.2, 0.25) is 0 Å². The van der Waals surface area contributed by atoms with Crippen molar-refractivity contribution >= 4 is 23.9 Å². The summed E-state index contributed by atoms with van der Waals surface area (Å²) < 4.78 is 5.16. The number of ether oxygens (including phenoxy) is 1. The lowest BCUT2D eigenvalue weighted by atomic mass is 10.2. The predicted octanol–water partition coefficient (Wildman–Crippen LogP) is 2.84. The topological polar surface area (TPSA) is 71.5 Å². The maximum Gasteiger partial charge on any atom is 0.412 e. The van der Waals surface area contributed by atoms with Gasteiger partial charge in [-0.3, -0.25) is 5.32 Å². The fourth-order valence-electron chi connectivity index (χ4n) is 1.63. The van der Waals surface area contributed by atoms with E-state index < -0.39 is 11.7 Å². The highest BCUT2D eigenvalue weighted by molar-refractivity contribution is 5.84. The van der Waals surface area contributed by atoms with Crippen LogP contribution in [-0.2, 0) is 9.53 Å². The van der Waals surface area contributed by atoms with Gasteiger partial charge in [-0.2, -0.15) is 0 Å². The number of pyridine rings is 1. The van der Waals surface area contributed by atoms with E-state index in [1.54, 1.807) is 12.3 Å². The number of amides is 1. The van der Waals surface area contributed by atoms with Gasteiger partial charge in [0.1, 0.15) is 17.7 Å². The summed E-state index contributed by atoms with van der Waals surface area (Å²) in [5.41, 5.74) is 0.0466. The maximum absolute atomic E-state index is 11.6. The second-order valence-corrected chi connectivity index (χ2v) is 5.76. The van der Waals surface area contributed by atoms with Gasteiger partial charge >= 0.3 is 6.09 Å². The number of unbranched alkanes of at least 4 members (excludes halogenated alkanes) is 1. The molecule has 1 rings (SSSR count). The lowest BCUT2D eigenvalue weighted by molar-refractivity contribution is -0.107. The molecule has 1 heterocycles. The first-order valence-electron chi connectivity index (χ1n) is 6.92. The van der Waals surface area contributed by atoms with Gasteiger partial charge in [0, 0.05) is 20.0 Å². The molecule has 0 aliphatic heterocycles. The van der Waals surface area contributed by atoms with Gasteiger partial charge < -0.3 is 14.4 Å². The number of aldehydes is 1. The van der Waals surface area contributed by atoms with Crippen LogP contribution in [0.3, 0.4) is 0 Å². The van der Waals surface area contributed by atoms with Crippen molar-refractivity contribution in [2.45, 2.75) is 39.2 Å². The second kappa shape index (κ2) is 7.61. The standard InChI is InChI=1S/C15H23N3O3/c1-15(2,3)21-14(20)17-12-7-8-13(16-11-12)18(4)9-5-6-10-19/h7-8,10-11H,5-6,9H2,1-4H3,(H,17,20). The van der Waals surface area contributed by atoms with E-state index in [2.05, 4.69) is 10.3 Å². The third kappa shape index (κ3) is 6.74. The molecular weight excluding hydrogens is 270 g/mol. The van der Waals surface area contributed by atoms with Crippen LogP contribution < -0.4 is 10.2 Å². The summed E-state index contributed by atoms with van der Waals surface area (Å²) in [6.45, 7) is 6.18. The number of anilines is 2. The summed E-state index contributed by atoms with van der Waals surface area (Å²) in [4.78, 5) is 28.1. The molecule has 116 valence electrons. The van der Waals surface area contributed by atoms with Crippen molar-refractivity contribution in [1.29, 1.82) is 0 Å². The van der Waals surface area contributed by atoms with Crippen molar-refractivity contribution in [1.82, 2.24) is 4.98 Å². The van der Waals surface area contributed by atoms with Crippen LogP contribution in [0.25, 0.3) is 0 Å². The van der Waals surface area contributed by atoms with Gasteiger partial charge in [-0.15, -0.1) is 0 Å². The van der Waals surface area contributed by atoms with E-state index in [1.807, 2.05) is 38.8 Å². The van der Waals surface area contributed by atoms with Gasteiger partial charge in [0.05, 0.1) is 11.9 Å². The Labute approximate surface area is 125 Å². The first-order chi connectivity index (χ1) is 9.81. The van der Waals surface area contributed by atoms with Crippen molar-refractivity contribution in [3.8, 4) is 0 Å². The molecule has 0 aliphatic carbocycles. The first kappa shape index (κ1) is 16.9. The average molecular weight is 293 g/mol. The third-order valence-electron chi connectivity index (χ3n) is 2.60. The van der Waals surface area contributed by atoms with E-state index in [1.165, 1.54) is 0 Å². The number of rotatable bonds is 6. The van der Waals surface area contributed by atoms with Crippen LogP contribution in [0.4, 0.5) is 16.3 Å². The highest BCUT2D eigenvalue weighted by atomic mass is 16.6. The Morgan fingerprint density at radius 2 is 2.14 bits per heavy atom. The van der Waals surface area contributed by atoms with Crippen molar-refractivity contribution in [3.05, 3.63) is 18.3 Å². The summed E-state index contributed by atoms with van der Waals surface area (Å²) in [5, 5.41) is 2.63. The molecule has 0 unspecified atom stereocenters. The predicted molar refractivity (Wildman–Crippen MR) is 82.7 cm³/mol. The van der Waals surface area contributed by atoms with Crippen LogP contribution >= 0.6 is 0 Å². The number of nitrogens with one attached hydrogen (secondary N) is 1. The summed E-state index contributed by atoms with van der Waals surface area (Å²) in [6, 6.07) is 3.58. The quantitative estimate of drug-likeness (QED) is 0.645. The van der Waals surface area contributed by atoms with Crippen LogP contribution in [0, 0.1) is 0 Å². The summed E-state index contributed by atoms with van der Waals surface area (Å²) >= 11 is 0. The molecule has 0 saturated carbocycles. The number of hydrogen-bond acceptors (Lipinski definition) is 5. The molecule has 0 atom stereocenters. The number of carbonyl (C=O) groups excluding carboxylic acids is 2. The first-order valence-corrected chi connectivity index (χ1v) is 6.92. The second-order valence-electron chi connectivity index (χ2n) is 5.76. The number of aromatic nitrogens is 1. The molecule has 0 radical (unpaired) electrons. The Morgan fingerprint density at radius 1 is 1.43 bits per heavy atom. The Balaban J connectivity index is 2.53. The van der Waals surface area contributed by atoms with Crippen LogP contribution in [0.5, 0.6) is 0 Å². The normalized spacial score (nSPS) is 10.9. The molecule has 0 fully saturated rings. The van der Waals surface area contributed by atoms with Gasteiger partial charge in [0.25, 0.3) is 0 Å². The fourth-order valence-corrected chi connectivity index (χ4v) is 1.63. The Hall–Kier alpha value is -2.11. The Morgan fingerprint density at radius 3 is 2.67 bits per heavy atom. The van der Waals surface area contributed by atoms with Crippen LogP contribution in [0.1, 0.15) is 33.6 Å². The molecule has 0 spiro atoms. The van der Waals surface area contributed by atoms with Gasteiger partial charge in [0.2, 0.25) is 0 Å². The van der Waals surface area contributed by atoms with E-state index >= 15 is 0 Å². The zero-order valence-corrected chi connectivity index (χ0v) is 13.0. The SMILES string of the molecule is CN(CCCC=O)c1ccc(NC(=O)OC(C)(C)C)cn1. The molecule has 1 aromatic heterocycles. The minimum Gasteiger partial charge on any atom is -0.444 e. The van der Waals surface area contributed by atoms with Crippen LogP contribution in [-0.4, -0.2) is 36.6 Å². The molecule has 1 N–H and O–H groups in total. The van der Waals surface area contributed by atoms with Crippen molar-refractivity contribution in [2.75, 3.05) is 23.8 Å². The Bertz CT molecular complexity index is 466. The number of hydrogen-bond donors (Lipinski definition) is 1. The Kier molecular flexibility index (Phi) is 6.14. The largest absolute Gasteiger partial charge is 0.444 e. The molecule has 1 amide bonds. The molecule has 0 aromatic carbocycles. The lowest BCUT2D eigenvalue weighted by Crippen LogP contribution is -2.27. The van der Waals surface area contributed by atoms with E-state index in [-0.39, 0.29) is 0 Å². The van der Waals surface area contributed by atoms with E-state index in [9.17, 15) is 9.59 Å². The maximum atomic E-state index is 11.6. The zero-order chi connectivity index (χ0) is 15.9. The summed E-state index contributed by atoms with van der Waals surface area (Å²) in [5.74, 6) is 0.788. The number of nitrogens with zero attached hydrogens (tertiary/aromatic N) is 2. The molecule has 0 saturated heterocycles. The molecule has 6 nitrogen and oxygen atoms in total. The summed E-state index contributed by atoms with van der Waals surface area (Å²) in [7, 11) is 1.91. The van der Waals surface area contributed by atoms with Gasteiger partial charge in [0.15, 0.2) is 0 Å². The molecule has 0 bridgehead atoms. The molecule has 6 heteroatoms. The zero-order valence-electron chi connectivity index (χ0n) is 13.0. The molecule has 21 heavy (non-hydrogen) atoms. The third-order valence-corrected chi connectivity index (χ3v) is 2.60. The van der Waals surface area contributed by atoms with Gasteiger partial charge in [-0.05, 0) is 39.3 Å². The van der Waals surface area contributed by atoms with E-state index in [0.717, 1.165) is 25.1 Å². The molecule has 1 aromatic rings. The minimum absolute atomic E-state index is 0.503. The lowest BCUT2D eigenvalue weighted by Gasteiger charge is -2.20. The minimum atomic E-state index is -0.531. The average Bonchev–Trinajstić information content (AvgIpc) is 2.37. The fraction of sp³-hybridized carbons (Fsp3) is 0.533. The van der Waals surface area contributed by atoms with Gasteiger partial charge in [-0.25, -0.2) is 9.78 Å². The van der Waals surface area contributed by atoms with Crippen molar-refractivity contribution in [3.63, 3.8) is 0 Å². The highest BCUT2D eigenvalue weighted by Gasteiger charge is 2.16. The summed E-state index contributed by atoms with van der Waals surface area (Å²) in [6.07, 6.45) is 3.32. The van der Waals surface area contributed by atoms with Crippen molar-refractivity contribution < 1.29 is 14.3 Å². The van der Waals surface area contributed by atoms with Crippen LogP contribution in [0.15, 0.2) is 18.3 Å². The highest BCUT2D eigenvalue weighted by Crippen LogP contribution is 2.15. The molecular formula is C15H23N3O3. The van der Waals surface area contributed by atoms with Crippen molar-refractivity contribution in [2.24, 2.45) is 0 Å². The van der Waals surface area contributed by atoms with E-state index in [0.29, 0.717) is 12.1 Å². The van der Waals surface area contributed by atoms with E-state index in [4.69, 9.17) is 4.74 Å². The van der Waals surface area contributed by atoms with Gasteiger partial charge in [-0.1, -0.05) is 0 Å². The smallest absolute Gasteiger partial charge is 0.412 e.